The molecule has 0 aliphatic rings. The lowest BCUT2D eigenvalue weighted by atomic mass is 10.2. The lowest BCUT2D eigenvalue weighted by Crippen LogP contribution is -2.07. The van der Waals surface area contributed by atoms with Gasteiger partial charge < -0.3 is 14.4 Å². The van der Waals surface area contributed by atoms with Crippen LogP contribution in [0.5, 0.6) is 5.75 Å². The molecular weight excluding hydrogens is 280 g/mol. The number of aromatic hydroxyl groups is 1. The van der Waals surface area contributed by atoms with E-state index in [1.807, 2.05) is 41.1 Å². The van der Waals surface area contributed by atoms with Crippen molar-refractivity contribution in [2.24, 2.45) is 0 Å². The molecule has 0 radical (unpaired) electrons. The van der Waals surface area contributed by atoms with Crippen molar-refractivity contribution in [1.29, 1.82) is 0 Å². The summed E-state index contributed by atoms with van der Waals surface area (Å²) in [5.41, 5.74) is 1.87. The first-order valence-corrected chi connectivity index (χ1v) is 7.08. The first kappa shape index (κ1) is 14.1. The normalized spacial score (nSPS) is 10.8. The van der Waals surface area contributed by atoms with Gasteiger partial charge in [-0.1, -0.05) is 30.3 Å². The molecule has 2 aromatic heterocycles. The number of nitrogens with zero attached hydrogens (tertiary/aromatic N) is 2. The van der Waals surface area contributed by atoms with Crippen molar-refractivity contribution in [3.05, 3.63) is 60.0 Å². The summed E-state index contributed by atoms with van der Waals surface area (Å²) in [5, 5.41) is 10.8. The van der Waals surface area contributed by atoms with Crippen LogP contribution in [0.3, 0.4) is 0 Å². The van der Waals surface area contributed by atoms with Gasteiger partial charge in [-0.15, -0.1) is 0 Å². The third kappa shape index (κ3) is 2.53. The summed E-state index contributed by atoms with van der Waals surface area (Å²) in [6, 6.07) is 11.8. The standard InChI is InChI=1S/C17H16N2O3/c1-2-22-17(21)15-16(20)13-8-9-19(14(13)10-18-15)11-12-6-4-3-5-7-12/h3-10,20H,2,11H2,1H3. The minimum atomic E-state index is -0.613. The van der Waals surface area contributed by atoms with Crippen LogP contribution in [0, 0.1) is 0 Å². The highest BCUT2D eigenvalue weighted by Crippen LogP contribution is 2.28. The molecule has 0 aliphatic carbocycles. The monoisotopic (exact) mass is 296 g/mol. The molecule has 0 fully saturated rings. The van der Waals surface area contributed by atoms with Gasteiger partial charge in [0, 0.05) is 18.1 Å². The number of fused-ring (bicyclic) bond motifs is 1. The Morgan fingerprint density at radius 1 is 1.27 bits per heavy atom. The molecule has 3 rings (SSSR count). The van der Waals surface area contributed by atoms with Crippen LogP contribution in [0.15, 0.2) is 48.8 Å². The van der Waals surface area contributed by atoms with Crippen LogP contribution in [0.1, 0.15) is 23.0 Å². The predicted octanol–water partition coefficient (Wildman–Crippen LogP) is 2.97. The third-order valence-electron chi connectivity index (χ3n) is 3.47. The molecule has 0 spiro atoms. The molecule has 2 heterocycles. The number of carbonyl (C=O) groups is 1. The Balaban J connectivity index is 1.99. The van der Waals surface area contributed by atoms with Gasteiger partial charge in [0.05, 0.1) is 18.3 Å². The Labute approximate surface area is 127 Å². The Kier molecular flexibility index (Phi) is 3.78. The van der Waals surface area contributed by atoms with Gasteiger partial charge in [0.2, 0.25) is 0 Å². The SMILES string of the molecule is CCOC(=O)c1ncc2c(ccn2Cc2ccccc2)c1O. The maximum Gasteiger partial charge on any atom is 0.360 e. The largest absolute Gasteiger partial charge is 0.505 e. The van der Waals surface area contributed by atoms with E-state index in [0.717, 1.165) is 11.1 Å². The second-order valence-electron chi connectivity index (χ2n) is 4.90. The van der Waals surface area contributed by atoms with Crippen LogP contribution in [-0.2, 0) is 11.3 Å². The number of ether oxygens (including phenoxy) is 1. The van der Waals surface area contributed by atoms with Crippen LogP contribution < -0.4 is 0 Å². The Bertz CT molecular complexity index is 809. The van der Waals surface area contributed by atoms with Crippen molar-refractivity contribution < 1.29 is 14.6 Å². The van der Waals surface area contributed by atoms with E-state index >= 15 is 0 Å². The fourth-order valence-electron chi connectivity index (χ4n) is 2.41. The van der Waals surface area contributed by atoms with Crippen molar-refractivity contribution in [1.82, 2.24) is 9.55 Å². The topological polar surface area (TPSA) is 64.3 Å². The average Bonchev–Trinajstić information content (AvgIpc) is 2.93. The molecule has 0 bridgehead atoms. The number of carbonyl (C=O) groups excluding carboxylic acids is 1. The van der Waals surface area contributed by atoms with Gasteiger partial charge in [0.15, 0.2) is 11.4 Å². The molecule has 1 aromatic carbocycles. The lowest BCUT2D eigenvalue weighted by Gasteiger charge is -2.07. The van der Waals surface area contributed by atoms with Crippen molar-refractivity contribution in [3.8, 4) is 5.75 Å². The van der Waals surface area contributed by atoms with Gasteiger partial charge >= 0.3 is 5.97 Å². The summed E-state index contributed by atoms with van der Waals surface area (Å²) in [7, 11) is 0. The van der Waals surface area contributed by atoms with E-state index in [1.165, 1.54) is 0 Å². The van der Waals surface area contributed by atoms with Crippen LogP contribution in [0.25, 0.3) is 10.9 Å². The summed E-state index contributed by atoms with van der Waals surface area (Å²) < 4.78 is 6.87. The predicted molar refractivity (Wildman–Crippen MR) is 82.9 cm³/mol. The fourth-order valence-corrected chi connectivity index (χ4v) is 2.41. The molecule has 3 aromatic rings. The van der Waals surface area contributed by atoms with E-state index in [0.29, 0.717) is 11.9 Å². The number of benzene rings is 1. The van der Waals surface area contributed by atoms with Gasteiger partial charge in [0.25, 0.3) is 0 Å². The Morgan fingerprint density at radius 3 is 2.77 bits per heavy atom. The van der Waals surface area contributed by atoms with Gasteiger partial charge in [-0.25, -0.2) is 9.78 Å². The molecular formula is C17H16N2O3. The van der Waals surface area contributed by atoms with E-state index < -0.39 is 5.97 Å². The van der Waals surface area contributed by atoms with Crippen LogP contribution in [-0.4, -0.2) is 27.2 Å². The molecule has 5 nitrogen and oxygen atoms in total. The summed E-state index contributed by atoms with van der Waals surface area (Å²) in [6.07, 6.45) is 3.46. The minimum absolute atomic E-state index is 0.0492. The summed E-state index contributed by atoms with van der Waals surface area (Å²) >= 11 is 0. The molecule has 0 amide bonds. The molecule has 0 atom stereocenters. The molecule has 5 heteroatoms. The number of aromatic nitrogens is 2. The van der Waals surface area contributed by atoms with E-state index in [4.69, 9.17) is 4.74 Å². The lowest BCUT2D eigenvalue weighted by molar-refractivity contribution is 0.0516. The van der Waals surface area contributed by atoms with Gasteiger partial charge in [-0.3, -0.25) is 0 Å². The maximum absolute atomic E-state index is 11.8. The fraction of sp³-hybridized carbons (Fsp3) is 0.176. The van der Waals surface area contributed by atoms with Crippen molar-refractivity contribution >= 4 is 16.9 Å². The van der Waals surface area contributed by atoms with Gasteiger partial charge in [0.1, 0.15) is 0 Å². The highest BCUT2D eigenvalue weighted by Gasteiger charge is 2.18. The van der Waals surface area contributed by atoms with E-state index in [2.05, 4.69) is 4.98 Å². The van der Waals surface area contributed by atoms with E-state index in [-0.39, 0.29) is 18.1 Å². The zero-order valence-electron chi connectivity index (χ0n) is 12.2. The average molecular weight is 296 g/mol. The molecule has 1 N–H and O–H groups in total. The van der Waals surface area contributed by atoms with Crippen LogP contribution >= 0.6 is 0 Å². The maximum atomic E-state index is 11.8. The highest BCUT2D eigenvalue weighted by molar-refractivity contribution is 5.98. The van der Waals surface area contributed by atoms with Crippen LogP contribution in [0.4, 0.5) is 0 Å². The summed E-state index contributed by atoms with van der Waals surface area (Å²) in [4.78, 5) is 15.8. The number of pyridine rings is 1. The van der Waals surface area contributed by atoms with Crippen molar-refractivity contribution in [2.75, 3.05) is 6.61 Å². The number of hydrogen-bond acceptors (Lipinski definition) is 4. The third-order valence-corrected chi connectivity index (χ3v) is 3.47. The molecule has 0 aliphatic heterocycles. The first-order valence-electron chi connectivity index (χ1n) is 7.08. The second kappa shape index (κ2) is 5.89. The first-order chi connectivity index (χ1) is 10.7. The molecule has 0 saturated carbocycles. The minimum Gasteiger partial charge on any atom is -0.505 e. The van der Waals surface area contributed by atoms with Gasteiger partial charge in [-0.05, 0) is 18.6 Å². The smallest absolute Gasteiger partial charge is 0.360 e. The molecule has 22 heavy (non-hydrogen) atoms. The van der Waals surface area contributed by atoms with Gasteiger partial charge in [-0.2, -0.15) is 0 Å². The summed E-state index contributed by atoms with van der Waals surface area (Å²) in [5.74, 6) is -0.750. The Morgan fingerprint density at radius 2 is 2.05 bits per heavy atom. The van der Waals surface area contributed by atoms with Crippen molar-refractivity contribution in [3.63, 3.8) is 0 Å². The number of esters is 1. The number of hydrogen-bond donors (Lipinski definition) is 1. The molecule has 0 unspecified atom stereocenters. The van der Waals surface area contributed by atoms with Crippen molar-refractivity contribution in [2.45, 2.75) is 13.5 Å². The number of rotatable bonds is 4. The second-order valence-corrected chi connectivity index (χ2v) is 4.90. The highest BCUT2D eigenvalue weighted by atomic mass is 16.5. The van der Waals surface area contributed by atoms with E-state index in [9.17, 15) is 9.90 Å². The van der Waals surface area contributed by atoms with E-state index in [1.54, 1.807) is 19.2 Å². The zero-order chi connectivity index (χ0) is 15.5. The quantitative estimate of drug-likeness (QED) is 0.752. The summed E-state index contributed by atoms with van der Waals surface area (Å²) in [6.45, 7) is 2.63. The molecule has 0 saturated heterocycles. The molecule has 112 valence electrons. The zero-order valence-corrected chi connectivity index (χ0v) is 12.2. The van der Waals surface area contributed by atoms with Crippen LogP contribution in [0.2, 0.25) is 0 Å². The Hall–Kier alpha value is -2.82.